The van der Waals surface area contributed by atoms with Gasteiger partial charge < -0.3 is 0 Å². The number of allylic oxidation sites excluding steroid dienone is 2. The highest BCUT2D eigenvalue weighted by Crippen LogP contribution is 1.96. The van der Waals surface area contributed by atoms with E-state index in [1.807, 2.05) is 13.0 Å². The van der Waals surface area contributed by atoms with Crippen molar-refractivity contribution in [2.24, 2.45) is 5.92 Å². The van der Waals surface area contributed by atoms with Crippen LogP contribution in [0.2, 0.25) is 0 Å². The second-order valence-corrected chi connectivity index (χ2v) is 2.82. The van der Waals surface area contributed by atoms with Crippen molar-refractivity contribution in [3.8, 4) is 0 Å². The topological polar surface area (TPSA) is 17.1 Å². The van der Waals surface area contributed by atoms with Gasteiger partial charge in [0.05, 0.1) is 0 Å². The molecule has 0 heterocycles. The van der Waals surface area contributed by atoms with Crippen molar-refractivity contribution < 1.29 is 4.79 Å². The molecule has 0 atom stereocenters. The zero-order valence-electron chi connectivity index (χ0n) is 7.05. The molecule has 0 rings (SSSR count). The normalized spacial score (nSPS) is 11.2. The van der Waals surface area contributed by atoms with Crippen LogP contribution < -0.4 is 0 Å². The fourth-order valence-electron chi connectivity index (χ4n) is 0.630. The first-order valence-electron chi connectivity index (χ1n) is 3.87. The summed E-state index contributed by atoms with van der Waals surface area (Å²) in [4.78, 5) is 10.9. The van der Waals surface area contributed by atoms with Gasteiger partial charge in [-0.05, 0) is 18.4 Å². The van der Waals surface area contributed by atoms with Crippen LogP contribution in [0.25, 0.3) is 0 Å². The number of rotatable bonds is 4. The van der Waals surface area contributed by atoms with Gasteiger partial charge in [-0.1, -0.05) is 26.8 Å². The Kier molecular flexibility index (Phi) is 4.91. The number of ketones is 1. The fraction of sp³-hybridized carbons (Fsp3) is 0.667. The quantitative estimate of drug-likeness (QED) is 0.548. The van der Waals surface area contributed by atoms with E-state index in [1.165, 1.54) is 0 Å². The van der Waals surface area contributed by atoms with Crippen LogP contribution in [0, 0.1) is 5.92 Å². The SMILES string of the molecule is CCCC(=O)C=CC(C)C. The van der Waals surface area contributed by atoms with Crippen molar-refractivity contribution in [2.75, 3.05) is 0 Å². The molecule has 0 aromatic heterocycles. The molecule has 0 radical (unpaired) electrons. The molecule has 0 aromatic rings. The van der Waals surface area contributed by atoms with Gasteiger partial charge in [0.25, 0.3) is 0 Å². The maximum absolute atomic E-state index is 10.9. The average molecular weight is 140 g/mol. The maximum atomic E-state index is 10.9. The van der Waals surface area contributed by atoms with E-state index in [-0.39, 0.29) is 5.78 Å². The Bertz CT molecular complexity index is 123. The van der Waals surface area contributed by atoms with Gasteiger partial charge in [0.15, 0.2) is 5.78 Å². The van der Waals surface area contributed by atoms with Crippen molar-refractivity contribution in [3.05, 3.63) is 12.2 Å². The van der Waals surface area contributed by atoms with E-state index in [4.69, 9.17) is 0 Å². The minimum atomic E-state index is 0.246. The first-order chi connectivity index (χ1) is 4.66. The van der Waals surface area contributed by atoms with Gasteiger partial charge in [-0.3, -0.25) is 4.79 Å². The summed E-state index contributed by atoms with van der Waals surface area (Å²) in [5.41, 5.74) is 0. The molecule has 0 amide bonds. The van der Waals surface area contributed by atoms with E-state index in [1.54, 1.807) is 6.08 Å². The zero-order valence-corrected chi connectivity index (χ0v) is 7.05. The van der Waals surface area contributed by atoms with Crippen LogP contribution in [0.4, 0.5) is 0 Å². The molecule has 1 heteroatoms. The average Bonchev–Trinajstić information content (AvgIpc) is 1.85. The van der Waals surface area contributed by atoms with Gasteiger partial charge in [-0.2, -0.15) is 0 Å². The second kappa shape index (κ2) is 5.21. The summed E-state index contributed by atoms with van der Waals surface area (Å²) in [5.74, 6) is 0.733. The minimum absolute atomic E-state index is 0.246. The fourth-order valence-corrected chi connectivity index (χ4v) is 0.630. The van der Waals surface area contributed by atoms with E-state index in [0.29, 0.717) is 12.3 Å². The molecule has 0 aromatic carbocycles. The minimum Gasteiger partial charge on any atom is -0.295 e. The molecule has 1 nitrogen and oxygen atoms in total. The van der Waals surface area contributed by atoms with E-state index in [0.717, 1.165) is 6.42 Å². The summed E-state index contributed by atoms with van der Waals surface area (Å²) in [7, 11) is 0. The van der Waals surface area contributed by atoms with Crippen LogP contribution in [0.5, 0.6) is 0 Å². The lowest BCUT2D eigenvalue weighted by atomic mass is 10.1. The summed E-state index contributed by atoms with van der Waals surface area (Å²) < 4.78 is 0. The van der Waals surface area contributed by atoms with E-state index >= 15 is 0 Å². The van der Waals surface area contributed by atoms with Crippen LogP contribution in [-0.4, -0.2) is 5.78 Å². The predicted molar refractivity (Wildman–Crippen MR) is 43.9 cm³/mol. The molecule has 0 saturated heterocycles. The van der Waals surface area contributed by atoms with Crippen molar-refractivity contribution >= 4 is 5.78 Å². The summed E-state index contributed by atoms with van der Waals surface area (Å²) in [6.07, 6.45) is 5.26. The predicted octanol–water partition coefficient (Wildman–Crippen LogP) is 2.57. The van der Waals surface area contributed by atoms with Crippen molar-refractivity contribution in [1.82, 2.24) is 0 Å². The first kappa shape index (κ1) is 9.41. The number of carbonyl (C=O) groups is 1. The standard InChI is InChI=1S/C9H16O/c1-4-5-9(10)7-6-8(2)3/h6-8H,4-5H2,1-3H3. The molecule has 0 saturated carbocycles. The lowest BCUT2D eigenvalue weighted by Gasteiger charge is -1.92. The third-order valence-corrected chi connectivity index (χ3v) is 1.16. The molecule has 0 fully saturated rings. The van der Waals surface area contributed by atoms with E-state index in [9.17, 15) is 4.79 Å². The summed E-state index contributed by atoms with van der Waals surface area (Å²) in [5, 5.41) is 0. The van der Waals surface area contributed by atoms with E-state index in [2.05, 4.69) is 13.8 Å². The Balaban J connectivity index is 3.56. The smallest absolute Gasteiger partial charge is 0.155 e. The maximum Gasteiger partial charge on any atom is 0.155 e. The molecule has 0 N–H and O–H groups in total. The van der Waals surface area contributed by atoms with Crippen molar-refractivity contribution in [1.29, 1.82) is 0 Å². The molecule has 0 unspecified atom stereocenters. The number of hydrogen-bond acceptors (Lipinski definition) is 1. The molecule has 0 aliphatic carbocycles. The number of carbonyl (C=O) groups excluding carboxylic acids is 1. The van der Waals surface area contributed by atoms with E-state index < -0.39 is 0 Å². The molecule has 0 spiro atoms. The Morgan fingerprint density at radius 1 is 1.50 bits per heavy atom. The van der Waals surface area contributed by atoms with Crippen molar-refractivity contribution in [3.63, 3.8) is 0 Å². The molecule has 58 valence electrons. The zero-order chi connectivity index (χ0) is 7.98. The van der Waals surface area contributed by atoms with Gasteiger partial charge in [0.2, 0.25) is 0 Å². The van der Waals surface area contributed by atoms with Gasteiger partial charge >= 0.3 is 0 Å². The van der Waals surface area contributed by atoms with Crippen LogP contribution in [0.3, 0.4) is 0 Å². The number of hydrogen-bond donors (Lipinski definition) is 0. The third kappa shape index (κ3) is 5.54. The molecule has 0 bridgehead atoms. The molecule has 0 aliphatic rings. The van der Waals surface area contributed by atoms with Crippen LogP contribution in [-0.2, 0) is 4.79 Å². The summed E-state index contributed by atoms with van der Waals surface area (Å²) in [6, 6.07) is 0. The highest BCUT2D eigenvalue weighted by atomic mass is 16.1. The molecule has 0 aliphatic heterocycles. The van der Waals surface area contributed by atoms with Crippen LogP contribution in [0.1, 0.15) is 33.6 Å². The Morgan fingerprint density at radius 2 is 2.10 bits per heavy atom. The molecular formula is C9H16O. The lowest BCUT2D eigenvalue weighted by Crippen LogP contribution is -1.91. The van der Waals surface area contributed by atoms with Gasteiger partial charge in [0.1, 0.15) is 0 Å². The molecule has 10 heavy (non-hydrogen) atoms. The summed E-state index contributed by atoms with van der Waals surface area (Å²) >= 11 is 0. The second-order valence-electron chi connectivity index (χ2n) is 2.82. The highest BCUT2D eigenvalue weighted by molar-refractivity contribution is 5.89. The summed E-state index contributed by atoms with van der Waals surface area (Å²) in [6.45, 7) is 6.15. The lowest BCUT2D eigenvalue weighted by molar-refractivity contribution is -0.114. The Labute approximate surface area is 63.1 Å². The van der Waals surface area contributed by atoms with Gasteiger partial charge in [0, 0.05) is 6.42 Å². The first-order valence-corrected chi connectivity index (χ1v) is 3.87. The third-order valence-electron chi connectivity index (χ3n) is 1.16. The highest BCUT2D eigenvalue weighted by Gasteiger charge is 1.92. The van der Waals surface area contributed by atoms with Gasteiger partial charge in [-0.25, -0.2) is 0 Å². The largest absolute Gasteiger partial charge is 0.295 e. The molecular weight excluding hydrogens is 124 g/mol. The van der Waals surface area contributed by atoms with Crippen LogP contribution >= 0.6 is 0 Å². The Hall–Kier alpha value is -0.590. The van der Waals surface area contributed by atoms with Crippen molar-refractivity contribution in [2.45, 2.75) is 33.6 Å². The monoisotopic (exact) mass is 140 g/mol. The van der Waals surface area contributed by atoms with Gasteiger partial charge in [-0.15, -0.1) is 0 Å². The Morgan fingerprint density at radius 3 is 2.50 bits per heavy atom. The van der Waals surface area contributed by atoms with Crippen LogP contribution in [0.15, 0.2) is 12.2 Å².